The van der Waals surface area contributed by atoms with Crippen LogP contribution < -0.4 is 11.5 Å². The summed E-state index contributed by atoms with van der Waals surface area (Å²) in [5.74, 6) is -0.532. The molecule has 0 aliphatic rings. The third kappa shape index (κ3) is 4.13. The molecule has 0 aliphatic heterocycles. The molecule has 4 N–H and O–H groups in total. The number of nitrogens with two attached hydrogens (primary N) is 2. The lowest BCUT2D eigenvalue weighted by molar-refractivity contribution is 0.0996. The van der Waals surface area contributed by atoms with Crippen LogP contribution in [0, 0.1) is 0 Å². The summed E-state index contributed by atoms with van der Waals surface area (Å²) >= 11 is 3.01. The fourth-order valence-corrected chi connectivity index (χ4v) is 5.63. The number of benzene rings is 3. The van der Waals surface area contributed by atoms with Crippen molar-refractivity contribution in [2.75, 3.05) is 5.73 Å². The van der Waals surface area contributed by atoms with E-state index in [9.17, 15) is 4.79 Å². The van der Waals surface area contributed by atoms with E-state index in [1.807, 2.05) is 66.1 Å². The van der Waals surface area contributed by atoms with E-state index in [1.54, 1.807) is 17.3 Å². The minimum absolute atomic E-state index is 0.283. The number of rotatable bonds is 7. The summed E-state index contributed by atoms with van der Waals surface area (Å²) in [7, 11) is 0. The van der Waals surface area contributed by atoms with Crippen molar-refractivity contribution in [3.05, 3.63) is 123 Å². The molecule has 0 bridgehead atoms. The Kier molecular flexibility index (Phi) is 6.21. The van der Waals surface area contributed by atoms with Gasteiger partial charge in [-0.2, -0.15) is 0 Å². The average molecular weight is 444 g/mol. The molecule has 3 aromatic carbocycles. The van der Waals surface area contributed by atoms with Gasteiger partial charge in [0.05, 0.1) is 15.1 Å². The van der Waals surface area contributed by atoms with Crippen LogP contribution in [0.3, 0.4) is 0 Å². The molecule has 0 unspecified atom stereocenters. The van der Waals surface area contributed by atoms with E-state index in [-0.39, 0.29) is 5.69 Å². The van der Waals surface area contributed by atoms with Crippen LogP contribution in [0.2, 0.25) is 0 Å². The van der Waals surface area contributed by atoms with E-state index >= 15 is 0 Å². The molecule has 0 aliphatic carbocycles. The normalized spacial score (nSPS) is 11.6. The Hall–Kier alpha value is -3.35. The number of primary amides is 1. The van der Waals surface area contributed by atoms with Crippen molar-refractivity contribution in [2.24, 2.45) is 5.73 Å². The van der Waals surface area contributed by atoms with Gasteiger partial charge in [-0.05, 0) is 28.7 Å². The number of aromatic nitrogens is 1. The van der Waals surface area contributed by atoms with Crippen LogP contribution in [-0.2, 0) is 4.75 Å². The molecule has 0 saturated heterocycles. The monoisotopic (exact) mass is 443 g/mol. The summed E-state index contributed by atoms with van der Waals surface area (Å²) in [5, 5.41) is 1.99. The number of nitrogens with zero attached hydrogens (tertiary/aromatic N) is 1. The second-order valence-corrected chi connectivity index (χ2v) is 8.86. The number of amides is 1. The highest BCUT2D eigenvalue weighted by Gasteiger charge is 2.37. The van der Waals surface area contributed by atoms with Gasteiger partial charge in [0.15, 0.2) is 0 Å². The van der Waals surface area contributed by atoms with E-state index in [2.05, 4.69) is 35.3 Å². The molecule has 154 valence electrons. The molecule has 1 heterocycles. The second kappa shape index (κ2) is 9.20. The van der Waals surface area contributed by atoms with E-state index in [0.717, 1.165) is 21.6 Å². The number of hydrogen-bond donors (Lipinski definition) is 2. The van der Waals surface area contributed by atoms with Crippen LogP contribution in [0.15, 0.2) is 95.8 Å². The zero-order valence-corrected chi connectivity index (χ0v) is 18.3. The van der Waals surface area contributed by atoms with E-state index < -0.39 is 10.7 Å². The minimum atomic E-state index is -0.581. The van der Waals surface area contributed by atoms with E-state index in [0.29, 0.717) is 5.69 Å². The van der Waals surface area contributed by atoms with Crippen molar-refractivity contribution in [2.45, 2.75) is 4.75 Å². The Balaban J connectivity index is 1.90. The van der Waals surface area contributed by atoms with Gasteiger partial charge in [-0.25, -0.2) is 4.98 Å². The van der Waals surface area contributed by atoms with Crippen LogP contribution in [0.5, 0.6) is 0 Å². The maximum atomic E-state index is 11.7. The van der Waals surface area contributed by atoms with Gasteiger partial charge < -0.3 is 11.5 Å². The summed E-state index contributed by atoms with van der Waals surface area (Å²) < 4.78 is -0.581. The highest BCUT2D eigenvalue weighted by molar-refractivity contribution is 8.03. The topological polar surface area (TPSA) is 82.0 Å². The zero-order valence-electron chi connectivity index (χ0n) is 16.6. The van der Waals surface area contributed by atoms with Crippen molar-refractivity contribution in [3.8, 4) is 0 Å². The van der Waals surface area contributed by atoms with Crippen LogP contribution >= 0.6 is 23.1 Å². The molecule has 4 aromatic rings. The molecule has 0 spiro atoms. The average Bonchev–Trinajstić information content (AvgIpc) is 3.28. The summed E-state index contributed by atoms with van der Waals surface area (Å²) in [6.07, 6.45) is 1.89. The second-order valence-electron chi connectivity index (χ2n) is 6.85. The molecule has 4 rings (SSSR count). The van der Waals surface area contributed by atoms with Gasteiger partial charge in [-0.15, -0.1) is 23.1 Å². The first kappa shape index (κ1) is 20.9. The number of carbonyl (C=O) groups is 1. The van der Waals surface area contributed by atoms with Gasteiger partial charge in [0.25, 0.3) is 5.91 Å². The Morgan fingerprint density at radius 1 is 0.903 bits per heavy atom. The Morgan fingerprint density at radius 2 is 1.48 bits per heavy atom. The predicted molar refractivity (Wildman–Crippen MR) is 131 cm³/mol. The standard InChI is InChI=1S/C25H21N3OS2/c26-21-14-8-7-13-20(21)25(18-9-3-1-4-10-18,19-11-5-2-6-12-19)31-16-15-22-23(24(27)29)28-17-30-22/h1-17H,26H2,(H2,27,29)/b16-15-. The lowest BCUT2D eigenvalue weighted by Crippen LogP contribution is -2.26. The first-order chi connectivity index (χ1) is 15.1. The lowest BCUT2D eigenvalue weighted by Gasteiger charge is -2.35. The van der Waals surface area contributed by atoms with E-state index in [4.69, 9.17) is 11.5 Å². The minimum Gasteiger partial charge on any atom is -0.398 e. The van der Waals surface area contributed by atoms with Crippen LogP contribution in [0.1, 0.15) is 32.1 Å². The Bertz CT molecular complexity index is 1160. The number of carbonyl (C=O) groups excluding carboxylic acids is 1. The molecule has 0 radical (unpaired) electrons. The molecule has 1 aromatic heterocycles. The lowest BCUT2D eigenvalue weighted by atomic mass is 9.83. The molecule has 31 heavy (non-hydrogen) atoms. The SMILES string of the molecule is NC(=O)c1ncsc1/C=C\SC(c1ccccc1)(c1ccccc1)c1ccccc1N. The first-order valence-corrected chi connectivity index (χ1v) is 11.4. The van der Waals surface area contributed by atoms with Gasteiger partial charge in [-0.3, -0.25) is 4.79 Å². The van der Waals surface area contributed by atoms with Gasteiger partial charge in [-0.1, -0.05) is 78.9 Å². The third-order valence-electron chi connectivity index (χ3n) is 4.99. The highest BCUT2D eigenvalue weighted by Crippen LogP contribution is 2.50. The number of anilines is 1. The summed E-state index contributed by atoms with van der Waals surface area (Å²) in [4.78, 5) is 16.5. The Morgan fingerprint density at radius 3 is 2.06 bits per heavy atom. The maximum Gasteiger partial charge on any atom is 0.268 e. The van der Waals surface area contributed by atoms with Crippen molar-refractivity contribution < 1.29 is 4.79 Å². The fourth-order valence-electron chi connectivity index (χ4n) is 3.60. The summed E-state index contributed by atoms with van der Waals surface area (Å²) in [6, 6.07) is 28.5. The van der Waals surface area contributed by atoms with Gasteiger partial charge in [0, 0.05) is 11.3 Å². The van der Waals surface area contributed by atoms with Crippen LogP contribution in [0.4, 0.5) is 5.69 Å². The molecular formula is C25H21N3OS2. The molecule has 1 amide bonds. The van der Waals surface area contributed by atoms with Crippen molar-refractivity contribution >= 4 is 40.8 Å². The fraction of sp³-hybridized carbons (Fsp3) is 0.0400. The molecule has 0 fully saturated rings. The van der Waals surface area contributed by atoms with Crippen molar-refractivity contribution in [3.63, 3.8) is 0 Å². The van der Waals surface area contributed by atoms with E-state index in [1.165, 1.54) is 11.3 Å². The van der Waals surface area contributed by atoms with Gasteiger partial charge in [0.2, 0.25) is 0 Å². The number of hydrogen-bond acceptors (Lipinski definition) is 5. The van der Waals surface area contributed by atoms with Gasteiger partial charge in [0.1, 0.15) is 5.69 Å². The molecule has 0 saturated carbocycles. The first-order valence-electron chi connectivity index (χ1n) is 9.66. The number of thiazole rings is 1. The van der Waals surface area contributed by atoms with Crippen molar-refractivity contribution in [1.82, 2.24) is 4.98 Å². The summed E-state index contributed by atoms with van der Waals surface area (Å²) in [5.41, 5.74) is 17.8. The molecule has 6 heteroatoms. The molecule has 0 atom stereocenters. The quantitative estimate of drug-likeness (QED) is 0.291. The Labute approximate surface area is 189 Å². The molecule has 4 nitrogen and oxygen atoms in total. The number of nitrogen functional groups attached to an aromatic ring is 1. The number of para-hydroxylation sites is 1. The third-order valence-corrected chi connectivity index (χ3v) is 7.10. The largest absolute Gasteiger partial charge is 0.398 e. The van der Waals surface area contributed by atoms with Crippen LogP contribution in [-0.4, -0.2) is 10.9 Å². The smallest absolute Gasteiger partial charge is 0.268 e. The summed E-state index contributed by atoms with van der Waals surface area (Å²) in [6.45, 7) is 0. The molecular weight excluding hydrogens is 422 g/mol. The zero-order chi connectivity index (χ0) is 21.7. The van der Waals surface area contributed by atoms with Crippen molar-refractivity contribution in [1.29, 1.82) is 0 Å². The number of thioether (sulfide) groups is 1. The van der Waals surface area contributed by atoms with Crippen LogP contribution in [0.25, 0.3) is 6.08 Å². The predicted octanol–water partition coefficient (Wildman–Crippen LogP) is 5.52. The maximum absolute atomic E-state index is 11.7. The van der Waals surface area contributed by atoms with Gasteiger partial charge >= 0.3 is 0 Å². The highest BCUT2D eigenvalue weighted by atomic mass is 32.2.